The molecule has 0 atom stereocenters. The quantitative estimate of drug-likeness (QED) is 0.341. The summed E-state index contributed by atoms with van der Waals surface area (Å²) in [5.74, 6) is 2.46. The first-order valence-electron chi connectivity index (χ1n) is 10.2. The molecule has 176 valence electrons. The fourth-order valence-corrected chi connectivity index (χ4v) is 3.84. The number of rotatable bonds is 10. The van der Waals surface area contributed by atoms with Crippen LogP contribution in [0.5, 0.6) is 17.2 Å². The van der Waals surface area contributed by atoms with Crippen molar-refractivity contribution in [3.05, 3.63) is 60.3 Å². The predicted molar refractivity (Wildman–Crippen MR) is 126 cm³/mol. The van der Waals surface area contributed by atoms with Crippen molar-refractivity contribution in [3.8, 4) is 22.9 Å². The lowest BCUT2D eigenvalue weighted by Gasteiger charge is -2.11. The van der Waals surface area contributed by atoms with Crippen molar-refractivity contribution in [2.75, 3.05) is 32.4 Å². The van der Waals surface area contributed by atoms with E-state index >= 15 is 0 Å². The van der Waals surface area contributed by atoms with Crippen molar-refractivity contribution >= 4 is 23.5 Å². The molecule has 0 radical (unpaired) electrons. The molecule has 0 bridgehead atoms. The number of anilines is 1. The second kappa shape index (κ2) is 10.7. The summed E-state index contributed by atoms with van der Waals surface area (Å²) in [4.78, 5) is 12.6. The molecule has 2 aromatic heterocycles. The Morgan fingerprint density at radius 2 is 1.76 bits per heavy atom. The van der Waals surface area contributed by atoms with Gasteiger partial charge in [0.1, 0.15) is 28.8 Å². The molecule has 12 heteroatoms. The SMILES string of the molecule is COc1ccc(Cn2nccc2NC(=O)CSc2nnnn2-c2ccc(OC)cc2OC)cc1. The first kappa shape index (κ1) is 23.1. The summed E-state index contributed by atoms with van der Waals surface area (Å²) in [5, 5.41) is 19.5. The van der Waals surface area contributed by atoms with Crippen molar-refractivity contribution < 1.29 is 19.0 Å². The van der Waals surface area contributed by atoms with Gasteiger partial charge in [-0.3, -0.25) is 4.79 Å². The van der Waals surface area contributed by atoms with Gasteiger partial charge in [-0.2, -0.15) is 9.78 Å². The van der Waals surface area contributed by atoms with E-state index in [0.717, 1.165) is 11.3 Å². The predicted octanol–water partition coefficient (Wildman–Crippen LogP) is 2.66. The molecule has 0 unspecified atom stereocenters. The number of ether oxygens (including phenoxy) is 3. The average Bonchev–Trinajstić information content (AvgIpc) is 3.52. The Labute approximate surface area is 200 Å². The first-order chi connectivity index (χ1) is 16.6. The maximum Gasteiger partial charge on any atom is 0.235 e. The molecule has 0 aliphatic heterocycles. The minimum atomic E-state index is -0.210. The highest BCUT2D eigenvalue weighted by molar-refractivity contribution is 7.99. The highest BCUT2D eigenvalue weighted by atomic mass is 32.2. The molecule has 0 aliphatic rings. The third kappa shape index (κ3) is 5.29. The molecular formula is C22H23N7O4S. The van der Waals surface area contributed by atoms with Gasteiger partial charge in [0.15, 0.2) is 0 Å². The van der Waals surface area contributed by atoms with Crippen LogP contribution in [0.1, 0.15) is 5.56 Å². The molecule has 0 saturated heterocycles. The van der Waals surface area contributed by atoms with Crippen molar-refractivity contribution in [2.24, 2.45) is 0 Å². The number of carbonyl (C=O) groups excluding carboxylic acids is 1. The van der Waals surface area contributed by atoms with Gasteiger partial charge in [0, 0.05) is 12.1 Å². The summed E-state index contributed by atoms with van der Waals surface area (Å²) in [6.45, 7) is 0.509. The highest BCUT2D eigenvalue weighted by Crippen LogP contribution is 2.29. The van der Waals surface area contributed by atoms with Crippen molar-refractivity contribution in [1.29, 1.82) is 0 Å². The van der Waals surface area contributed by atoms with Crippen LogP contribution in [0.2, 0.25) is 0 Å². The molecule has 2 aromatic carbocycles. The van der Waals surface area contributed by atoms with Crippen molar-refractivity contribution in [1.82, 2.24) is 30.0 Å². The number of benzene rings is 2. The number of hydrogen-bond donors (Lipinski definition) is 1. The van der Waals surface area contributed by atoms with Crippen LogP contribution in [0.3, 0.4) is 0 Å². The van der Waals surface area contributed by atoms with Gasteiger partial charge in [-0.1, -0.05) is 23.9 Å². The monoisotopic (exact) mass is 481 g/mol. The van der Waals surface area contributed by atoms with Gasteiger partial charge in [-0.25, -0.2) is 4.68 Å². The highest BCUT2D eigenvalue weighted by Gasteiger charge is 2.16. The van der Waals surface area contributed by atoms with Crippen LogP contribution in [-0.2, 0) is 11.3 Å². The number of thioether (sulfide) groups is 1. The molecule has 0 spiro atoms. The summed E-state index contributed by atoms with van der Waals surface area (Å²) in [6.07, 6.45) is 1.64. The zero-order chi connectivity index (χ0) is 23.9. The minimum Gasteiger partial charge on any atom is -0.497 e. The number of nitrogens with one attached hydrogen (secondary N) is 1. The summed E-state index contributed by atoms with van der Waals surface area (Å²) in [5.41, 5.74) is 1.66. The normalized spacial score (nSPS) is 10.7. The Hall–Kier alpha value is -4.06. The van der Waals surface area contributed by atoms with Crippen molar-refractivity contribution in [3.63, 3.8) is 0 Å². The fourth-order valence-electron chi connectivity index (χ4n) is 3.16. The Kier molecular flexibility index (Phi) is 7.28. The van der Waals surface area contributed by atoms with Gasteiger partial charge in [0.2, 0.25) is 11.1 Å². The first-order valence-corrected chi connectivity index (χ1v) is 11.2. The standard InChI is InChI=1S/C22H23N7O4S/c1-31-16-6-4-15(5-7-16)13-28-20(10-11-23-28)24-21(30)14-34-22-25-26-27-29(22)18-9-8-17(32-2)12-19(18)33-3/h4-12H,13-14H2,1-3H3,(H,24,30). The Morgan fingerprint density at radius 3 is 2.50 bits per heavy atom. The number of aromatic nitrogens is 6. The van der Waals surface area contributed by atoms with Gasteiger partial charge < -0.3 is 19.5 Å². The van der Waals surface area contributed by atoms with Crippen LogP contribution in [0.4, 0.5) is 5.82 Å². The van der Waals surface area contributed by atoms with E-state index in [0.29, 0.717) is 34.7 Å². The summed E-state index contributed by atoms with van der Waals surface area (Å²) < 4.78 is 19.1. The molecule has 4 rings (SSSR count). The Morgan fingerprint density at radius 1 is 1.00 bits per heavy atom. The summed E-state index contributed by atoms with van der Waals surface area (Å²) in [7, 11) is 4.76. The third-order valence-electron chi connectivity index (χ3n) is 4.86. The number of amides is 1. The molecule has 2 heterocycles. The molecule has 34 heavy (non-hydrogen) atoms. The van der Waals surface area contributed by atoms with Crippen LogP contribution in [-0.4, -0.2) is 63.0 Å². The largest absolute Gasteiger partial charge is 0.497 e. The lowest BCUT2D eigenvalue weighted by atomic mass is 10.2. The van der Waals surface area contributed by atoms with Gasteiger partial charge >= 0.3 is 0 Å². The fraction of sp³-hybridized carbons (Fsp3) is 0.227. The molecule has 1 N–H and O–H groups in total. The van der Waals surface area contributed by atoms with Gasteiger partial charge in [0.25, 0.3) is 0 Å². The van der Waals surface area contributed by atoms with E-state index in [1.165, 1.54) is 16.4 Å². The topological polar surface area (TPSA) is 118 Å². The van der Waals surface area contributed by atoms with Gasteiger partial charge in [-0.05, 0) is 40.3 Å². The molecule has 4 aromatic rings. The lowest BCUT2D eigenvalue weighted by molar-refractivity contribution is -0.113. The lowest BCUT2D eigenvalue weighted by Crippen LogP contribution is -2.18. The zero-order valence-electron chi connectivity index (χ0n) is 18.8. The Balaban J connectivity index is 1.40. The maximum absolute atomic E-state index is 12.6. The number of methoxy groups -OCH3 is 3. The smallest absolute Gasteiger partial charge is 0.235 e. The number of hydrogen-bond acceptors (Lipinski definition) is 9. The van der Waals surface area contributed by atoms with Gasteiger partial charge in [0.05, 0.1) is 39.8 Å². The van der Waals surface area contributed by atoms with E-state index < -0.39 is 0 Å². The Bertz CT molecular complexity index is 1260. The average molecular weight is 482 g/mol. The van der Waals surface area contributed by atoms with E-state index in [1.54, 1.807) is 56.5 Å². The molecule has 0 saturated carbocycles. The number of carbonyl (C=O) groups is 1. The molecule has 11 nitrogen and oxygen atoms in total. The van der Waals surface area contributed by atoms with Gasteiger partial charge in [-0.15, -0.1) is 5.10 Å². The van der Waals surface area contributed by atoms with E-state index in [1.807, 2.05) is 24.3 Å². The maximum atomic E-state index is 12.6. The summed E-state index contributed by atoms with van der Waals surface area (Å²) >= 11 is 1.21. The van der Waals surface area contributed by atoms with Crippen LogP contribution in [0.15, 0.2) is 59.9 Å². The van der Waals surface area contributed by atoms with Crippen LogP contribution >= 0.6 is 11.8 Å². The second-order valence-electron chi connectivity index (χ2n) is 6.97. The van der Waals surface area contributed by atoms with E-state index in [-0.39, 0.29) is 11.7 Å². The van der Waals surface area contributed by atoms with Crippen LogP contribution in [0.25, 0.3) is 5.69 Å². The molecule has 1 amide bonds. The van der Waals surface area contributed by atoms with E-state index in [2.05, 4.69) is 25.9 Å². The molecule has 0 fully saturated rings. The zero-order valence-corrected chi connectivity index (χ0v) is 19.7. The number of tetrazole rings is 1. The second-order valence-corrected chi connectivity index (χ2v) is 7.91. The molecular weight excluding hydrogens is 458 g/mol. The van der Waals surface area contributed by atoms with Crippen molar-refractivity contribution in [2.45, 2.75) is 11.7 Å². The summed E-state index contributed by atoms with van der Waals surface area (Å²) in [6, 6.07) is 14.7. The third-order valence-corrected chi connectivity index (χ3v) is 5.78. The minimum absolute atomic E-state index is 0.104. The van der Waals surface area contributed by atoms with Crippen LogP contribution < -0.4 is 19.5 Å². The van der Waals surface area contributed by atoms with Crippen LogP contribution in [0, 0.1) is 0 Å². The van der Waals surface area contributed by atoms with E-state index in [9.17, 15) is 4.79 Å². The number of nitrogens with zero attached hydrogens (tertiary/aromatic N) is 6. The van der Waals surface area contributed by atoms with E-state index in [4.69, 9.17) is 14.2 Å². The molecule has 0 aliphatic carbocycles.